The largest absolute Gasteiger partial charge is 0.462 e. The number of carbonyl (C=O) groups excluding carboxylic acids is 2. The number of aliphatic hydroxyl groups excluding tert-OH is 2. The third-order valence-electron chi connectivity index (χ3n) is 7.29. The van der Waals surface area contributed by atoms with Crippen molar-refractivity contribution in [3.8, 4) is 0 Å². The van der Waals surface area contributed by atoms with Crippen LogP contribution in [0.2, 0.25) is 0 Å². The first-order chi connectivity index (χ1) is 16.7. The zero-order valence-corrected chi connectivity index (χ0v) is 23.4. The highest BCUT2D eigenvalue weighted by atomic mass is 32.1. The highest BCUT2D eigenvalue weighted by Crippen LogP contribution is 2.32. The highest BCUT2D eigenvalue weighted by molar-refractivity contribution is 7.09. The Morgan fingerprint density at radius 2 is 1.92 bits per heavy atom. The highest BCUT2D eigenvalue weighted by Gasteiger charge is 2.42. The lowest BCUT2D eigenvalue weighted by Gasteiger charge is -2.34. The van der Waals surface area contributed by atoms with Gasteiger partial charge >= 0.3 is 5.97 Å². The van der Waals surface area contributed by atoms with Gasteiger partial charge in [-0.2, -0.15) is 0 Å². The fourth-order valence-corrected chi connectivity index (χ4v) is 5.16. The van der Waals surface area contributed by atoms with E-state index < -0.39 is 41.8 Å². The maximum Gasteiger partial charge on any atom is 0.308 e. The van der Waals surface area contributed by atoms with Crippen LogP contribution in [0.15, 0.2) is 22.6 Å². The summed E-state index contributed by atoms with van der Waals surface area (Å²) in [6, 6.07) is 0. The Morgan fingerprint density at radius 3 is 2.53 bits per heavy atom. The Labute approximate surface area is 218 Å². The fourth-order valence-electron chi connectivity index (χ4n) is 4.59. The molecule has 0 saturated heterocycles. The molecule has 1 aromatic rings. The number of aromatic nitrogens is 1. The minimum atomic E-state index is -1.27. The first-order valence-electron chi connectivity index (χ1n) is 12.7. The van der Waals surface area contributed by atoms with Gasteiger partial charge in [0.2, 0.25) is 0 Å². The number of thiazole rings is 1. The summed E-state index contributed by atoms with van der Waals surface area (Å²) in [5.41, 5.74) is 1.09. The lowest BCUT2D eigenvalue weighted by atomic mass is 9.73. The summed E-state index contributed by atoms with van der Waals surface area (Å²) in [6.45, 7) is 12.2. The molecular formula is C28H42FNO5S. The van der Waals surface area contributed by atoms with Crippen LogP contribution in [-0.2, 0) is 14.3 Å². The summed E-state index contributed by atoms with van der Waals surface area (Å²) in [5, 5.41) is 24.5. The van der Waals surface area contributed by atoms with E-state index in [1.807, 2.05) is 25.3 Å². The second-order valence-electron chi connectivity index (χ2n) is 10.9. The summed E-state index contributed by atoms with van der Waals surface area (Å²) in [6.07, 6.45) is 0.778. The summed E-state index contributed by atoms with van der Waals surface area (Å²) in [5.74, 6) is -2.02. The van der Waals surface area contributed by atoms with Crippen molar-refractivity contribution in [3.05, 3.63) is 33.3 Å². The van der Waals surface area contributed by atoms with Crippen LogP contribution >= 0.6 is 11.3 Å². The quantitative estimate of drug-likeness (QED) is 0.395. The average molecular weight is 524 g/mol. The van der Waals surface area contributed by atoms with E-state index in [2.05, 4.69) is 4.98 Å². The van der Waals surface area contributed by atoms with Gasteiger partial charge in [-0.3, -0.25) is 9.59 Å². The van der Waals surface area contributed by atoms with E-state index in [9.17, 15) is 24.2 Å². The first-order valence-corrected chi connectivity index (χ1v) is 13.6. The average Bonchev–Trinajstić information content (AvgIpc) is 3.22. The topological polar surface area (TPSA) is 96.7 Å². The molecule has 2 rings (SSSR count). The van der Waals surface area contributed by atoms with Gasteiger partial charge in [0, 0.05) is 24.1 Å². The number of ketones is 1. The predicted molar refractivity (Wildman–Crippen MR) is 141 cm³/mol. The third kappa shape index (κ3) is 8.32. The zero-order chi connectivity index (χ0) is 27.2. The number of hydrogen-bond acceptors (Lipinski definition) is 7. The van der Waals surface area contributed by atoms with Crippen molar-refractivity contribution < 1.29 is 28.9 Å². The van der Waals surface area contributed by atoms with Crippen molar-refractivity contribution in [2.75, 3.05) is 0 Å². The molecule has 1 aliphatic heterocycles. The summed E-state index contributed by atoms with van der Waals surface area (Å²) >= 11 is 1.55. The number of esters is 1. The Kier molecular flexibility index (Phi) is 11.0. The molecule has 0 saturated carbocycles. The number of ether oxygens (including phenoxy) is 1. The van der Waals surface area contributed by atoms with E-state index >= 15 is 0 Å². The number of halogens is 1. The monoisotopic (exact) mass is 523 g/mol. The van der Waals surface area contributed by atoms with Crippen LogP contribution in [0, 0.1) is 24.2 Å². The number of cyclic esters (lactones) is 1. The van der Waals surface area contributed by atoms with Gasteiger partial charge in [0.25, 0.3) is 0 Å². The molecule has 6 nitrogen and oxygen atoms in total. The van der Waals surface area contributed by atoms with Crippen LogP contribution in [0.5, 0.6) is 0 Å². The third-order valence-corrected chi connectivity index (χ3v) is 8.08. The van der Waals surface area contributed by atoms with E-state index in [0.717, 1.165) is 16.3 Å². The maximum atomic E-state index is 14.9. The van der Waals surface area contributed by atoms with Gasteiger partial charge in [-0.15, -0.1) is 11.3 Å². The summed E-state index contributed by atoms with van der Waals surface area (Å²) in [4.78, 5) is 30.4. The van der Waals surface area contributed by atoms with Crippen LogP contribution in [0.1, 0.15) is 84.3 Å². The van der Waals surface area contributed by atoms with Crippen molar-refractivity contribution in [1.29, 1.82) is 0 Å². The van der Waals surface area contributed by atoms with Crippen LogP contribution < -0.4 is 0 Å². The maximum absolute atomic E-state index is 14.9. The molecule has 202 valence electrons. The number of aliphatic hydroxyl groups is 2. The molecule has 2 N–H and O–H groups in total. The Balaban J connectivity index is 2.31. The van der Waals surface area contributed by atoms with E-state index in [1.165, 1.54) is 0 Å². The number of Topliss-reactive ketones (excluding diaryl/α,β-unsaturated/α-hetero) is 1. The van der Waals surface area contributed by atoms with Crippen molar-refractivity contribution in [1.82, 2.24) is 4.98 Å². The van der Waals surface area contributed by atoms with Crippen molar-refractivity contribution in [3.63, 3.8) is 0 Å². The number of aryl methyl sites for hydroxylation is 1. The zero-order valence-electron chi connectivity index (χ0n) is 22.6. The second-order valence-corrected chi connectivity index (χ2v) is 12.0. The molecule has 0 bridgehead atoms. The number of nitrogens with zero attached hydrogens (tertiary/aromatic N) is 1. The first kappa shape index (κ1) is 30.3. The number of allylic oxidation sites excluding steroid dienone is 1. The van der Waals surface area contributed by atoms with Gasteiger partial charge < -0.3 is 14.9 Å². The second kappa shape index (κ2) is 13.1. The molecule has 36 heavy (non-hydrogen) atoms. The molecule has 1 aliphatic rings. The molecular weight excluding hydrogens is 481 g/mol. The minimum absolute atomic E-state index is 0.222. The SMILES string of the molecule is C/C1=C/CC(C/C(C)=C/c2csc(C)n2)OC(=O)C[C@H](O)C(C)(C)C(=O)[C@H](C)[C@@H](O)C(C)CC[C@H]1F. The van der Waals surface area contributed by atoms with Crippen LogP contribution in [0.25, 0.3) is 6.08 Å². The normalized spacial score (nSPS) is 33.1. The van der Waals surface area contributed by atoms with E-state index in [-0.39, 0.29) is 24.5 Å². The van der Waals surface area contributed by atoms with Crippen LogP contribution in [-0.4, -0.2) is 51.4 Å². The molecule has 6 atom stereocenters. The predicted octanol–water partition coefficient (Wildman–Crippen LogP) is 5.60. The Hall–Kier alpha value is -1.90. The molecule has 0 radical (unpaired) electrons. The molecule has 2 unspecified atom stereocenters. The molecule has 0 aromatic carbocycles. The van der Waals surface area contributed by atoms with Crippen LogP contribution in [0.3, 0.4) is 0 Å². The summed E-state index contributed by atoms with van der Waals surface area (Å²) in [7, 11) is 0. The number of rotatable bonds is 3. The van der Waals surface area contributed by atoms with E-state index in [4.69, 9.17) is 4.74 Å². The van der Waals surface area contributed by atoms with Gasteiger partial charge in [-0.05, 0) is 51.2 Å². The van der Waals surface area contributed by atoms with Crippen molar-refractivity contribution >= 4 is 29.2 Å². The van der Waals surface area contributed by atoms with Crippen molar-refractivity contribution in [2.45, 2.75) is 105 Å². The number of alkyl halides is 1. The summed E-state index contributed by atoms with van der Waals surface area (Å²) < 4.78 is 20.6. The van der Waals surface area contributed by atoms with Crippen molar-refractivity contribution in [2.24, 2.45) is 17.3 Å². The minimum Gasteiger partial charge on any atom is -0.462 e. The van der Waals surface area contributed by atoms with Gasteiger partial charge in [0.05, 0.1) is 34.7 Å². The molecule has 0 amide bonds. The molecule has 0 aliphatic carbocycles. The number of carbonyl (C=O) groups is 2. The van der Waals surface area contributed by atoms with E-state index in [1.54, 1.807) is 52.0 Å². The standard InChI is InChI=1S/C28H42FNO5S/c1-16(12-21-15-36-20(5)30-21)13-22-10-8-17(2)23(29)11-9-18(3)26(33)19(4)27(34)28(6,7)24(31)14-25(32)35-22/h8,12,15,18-19,22-24,26,31,33H,9-11,13-14H2,1-7H3/b16-12+,17-8-/t18?,19-,22?,23-,24+,26+/m1/s1. The molecule has 8 heteroatoms. The molecule has 0 spiro atoms. The number of hydrogen-bond donors (Lipinski definition) is 2. The van der Waals surface area contributed by atoms with Gasteiger partial charge in [-0.1, -0.05) is 39.3 Å². The molecule has 1 aromatic heterocycles. The molecule has 2 heterocycles. The van der Waals surface area contributed by atoms with Gasteiger partial charge in [0.1, 0.15) is 18.1 Å². The van der Waals surface area contributed by atoms with Crippen LogP contribution in [0.4, 0.5) is 4.39 Å². The van der Waals surface area contributed by atoms with E-state index in [0.29, 0.717) is 24.8 Å². The smallest absolute Gasteiger partial charge is 0.308 e. The fraction of sp³-hybridized carbons (Fsp3) is 0.679. The van der Waals surface area contributed by atoms with Gasteiger partial charge in [-0.25, -0.2) is 9.37 Å². The lowest BCUT2D eigenvalue weighted by molar-refractivity contribution is -0.155. The Bertz CT molecular complexity index is 969. The molecule has 0 fully saturated rings. The van der Waals surface area contributed by atoms with Gasteiger partial charge in [0.15, 0.2) is 0 Å². The Morgan fingerprint density at radius 1 is 1.25 bits per heavy atom. The lowest BCUT2D eigenvalue weighted by Crippen LogP contribution is -2.45.